The zero-order chi connectivity index (χ0) is 19.2. The third kappa shape index (κ3) is 2.65. The first-order valence-electron chi connectivity index (χ1n) is 7.96. The fraction of sp³-hybridized carbons (Fsp3) is 0.333. The third-order valence-corrected chi connectivity index (χ3v) is 4.69. The molecule has 5 nitrogen and oxygen atoms in total. The summed E-state index contributed by atoms with van der Waals surface area (Å²) in [7, 11) is 0. The highest BCUT2D eigenvalue weighted by Crippen LogP contribution is 2.47. The molecule has 0 fully saturated rings. The van der Waals surface area contributed by atoms with E-state index in [4.69, 9.17) is 4.74 Å². The number of carboxylic acid groups (broad SMARTS) is 1. The number of halogens is 3. The Kier molecular flexibility index (Phi) is 4.29. The van der Waals surface area contributed by atoms with Crippen LogP contribution >= 0.6 is 0 Å². The van der Waals surface area contributed by atoms with E-state index in [0.717, 1.165) is 6.07 Å². The lowest BCUT2D eigenvalue weighted by atomic mass is 9.78. The number of hydrogen-bond donors (Lipinski definition) is 1. The van der Waals surface area contributed by atoms with Crippen molar-refractivity contribution in [2.24, 2.45) is 0 Å². The average Bonchev–Trinajstić information content (AvgIpc) is 2.94. The summed E-state index contributed by atoms with van der Waals surface area (Å²) in [6, 6.07) is 4.72. The van der Waals surface area contributed by atoms with Crippen LogP contribution in [-0.2, 0) is 20.5 Å². The average molecular weight is 367 g/mol. The number of carbonyl (C=O) groups is 2. The Morgan fingerprint density at radius 2 is 2.00 bits per heavy atom. The maximum absolute atomic E-state index is 13.5. The Labute approximate surface area is 147 Å². The zero-order valence-corrected chi connectivity index (χ0v) is 14.1. The molecule has 3 rings (SSSR count). The van der Waals surface area contributed by atoms with Crippen molar-refractivity contribution < 1.29 is 32.6 Å². The molecule has 0 spiro atoms. The molecule has 1 N–H and O–H groups in total. The van der Waals surface area contributed by atoms with Crippen molar-refractivity contribution in [2.45, 2.75) is 25.9 Å². The topological polar surface area (TPSA) is 66.8 Å². The van der Waals surface area contributed by atoms with E-state index in [1.165, 1.54) is 25.1 Å². The summed E-state index contributed by atoms with van der Waals surface area (Å²) < 4.78 is 45.5. The molecule has 0 aliphatic carbocycles. The summed E-state index contributed by atoms with van der Waals surface area (Å²) in [6.07, 6.45) is -4.68. The minimum atomic E-state index is -4.68. The first kappa shape index (κ1) is 18.0. The standard InChI is InChI=1S/C18H16F3NO4/c1-3-22-9(2)13(16(23)24)14(15-12(22)8-26-17(15)25)10-6-4-5-7-11(10)18(19,20)21/h4-7,14H,3,8H2,1-2H3,(H,23,24). The Balaban J connectivity index is 2.32. The van der Waals surface area contributed by atoms with Gasteiger partial charge in [0, 0.05) is 12.2 Å². The number of aliphatic carboxylic acids is 1. The molecule has 0 saturated carbocycles. The van der Waals surface area contributed by atoms with E-state index in [-0.39, 0.29) is 23.3 Å². The molecule has 0 radical (unpaired) electrons. The number of cyclic esters (lactones) is 1. The summed E-state index contributed by atoms with van der Waals surface area (Å²) in [5.74, 6) is -3.49. The van der Waals surface area contributed by atoms with Crippen molar-refractivity contribution in [1.29, 1.82) is 0 Å². The van der Waals surface area contributed by atoms with Gasteiger partial charge in [-0.15, -0.1) is 0 Å². The van der Waals surface area contributed by atoms with Gasteiger partial charge in [0.15, 0.2) is 0 Å². The first-order valence-corrected chi connectivity index (χ1v) is 7.96. The maximum atomic E-state index is 13.5. The molecule has 2 heterocycles. The first-order chi connectivity index (χ1) is 12.2. The van der Waals surface area contributed by atoms with Gasteiger partial charge in [0.1, 0.15) is 6.61 Å². The van der Waals surface area contributed by atoms with Crippen LogP contribution in [0.1, 0.15) is 30.9 Å². The number of allylic oxidation sites excluding steroid dienone is 1. The van der Waals surface area contributed by atoms with Crippen LogP contribution in [0.4, 0.5) is 13.2 Å². The summed E-state index contributed by atoms with van der Waals surface area (Å²) in [4.78, 5) is 25.8. The second-order valence-electron chi connectivity index (χ2n) is 6.00. The number of nitrogens with zero attached hydrogens (tertiary/aromatic N) is 1. The lowest BCUT2D eigenvalue weighted by Crippen LogP contribution is -2.33. The molecular formula is C18H16F3NO4. The molecule has 1 aromatic rings. The monoisotopic (exact) mass is 367 g/mol. The third-order valence-electron chi connectivity index (χ3n) is 4.69. The number of carbonyl (C=O) groups excluding carboxylic acids is 1. The summed E-state index contributed by atoms with van der Waals surface area (Å²) in [5, 5.41) is 9.71. The predicted octanol–water partition coefficient (Wildman–Crippen LogP) is 3.29. The van der Waals surface area contributed by atoms with Crippen LogP contribution in [0.25, 0.3) is 0 Å². The fourth-order valence-corrected chi connectivity index (χ4v) is 3.64. The quantitative estimate of drug-likeness (QED) is 0.831. The van der Waals surface area contributed by atoms with Crippen molar-refractivity contribution in [1.82, 2.24) is 4.90 Å². The number of hydrogen-bond acceptors (Lipinski definition) is 4. The van der Waals surface area contributed by atoms with Gasteiger partial charge in [0.2, 0.25) is 0 Å². The fourth-order valence-electron chi connectivity index (χ4n) is 3.64. The molecule has 0 aromatic heterocycles. The molecule has 1 unspecified atom stereocenters. The number of benzene rings is 1. The molecule has 138 valence electrons. The van der Waals surface area contributed by atoms with Crippen LogP contribution < -0.4 is 0 Å². The van der Waals surface area contributed by atoms with Crippen molar-refractivity contribution in [3.8, 4) is 0 Å². The highest BCUT2D eigenvalue weighted by atomic mass is 19.4. The van der Waals surface area contributed by atoms with Crippen LogP contribution in [-0.4, -0.2) is 35.1 Å². The molecular weight excluding hydrogens is 351 g/mol. The van der Waals surface area contributed by atoms with Crippen LogP contribution in [0.3, 0.4) is 0 Å². The summed E-state index contributed by atoms with van der Waals surface area (Å²) in [5.41, 5.74) is -0.791. The lowest BCUT2D eigenvalue weighted by Gasteiger charge is -2.35. The van der Waals surface area contributed by atoms with E-state index in [2.05, 4.69) is 0 Å². The predicted molar refractivity (Wildman–Crippen MR) is 84.9 cm³/mol. The van der Waals surface area contributed by atoms with Gasteiger partial charge in [0.05, 0.1) is 28.3 Å². The van der Waals surface area contributed by atoms with E-state index >= 15 is 0 Å². The smallest absolute Gasteiger partial charge is 0.416 e. The highest BCUT2D eigenvalue weighted by Gasteiger charge is 2.46. The highest BCUT2D eigenvalue weighted by molar-refractivity contribution is 6.00. The van der Waals surface area contributed by atoms with Gasteiger partial charge in [-0.25, -0.2) is 9.59 Å². The molecule has 8 heteroatoms. The minimum Gasteiger partial charge on any atom is -0.478 e. The molecule has 0 saturated heterocycles. The van der Waals surface area contributed by atoms with Gasteiger partial charge in [0.25, 0.3) is 0 Å². The Hall–Kier alpha value is -2.77. The minimum absolute atomic E-state index is 0.0356. The van der Waals surface area contributed by atoms with Crippen molar-refractivity contribution in [3.63, 3.8) is 0 Å². The number of esters is 1. The van der Waals surface area contributed by atoms with E-state index in [9.17, 15) is 27.9 Å². The van der Waals surface area contributed by atoms with Crippen LogP contribution in [0.5, 0.6) is 0 Å². The number of carboxylic acids is 1. The van der Waals surface area contributed by atoms with E-state index in [0.29, 0.717) is 17.9 Å². The van der Waals surface area contributed by atoms with Crippen LogP contribution in [0.15, 0.2) is 46.8 Å². The van der Waals surface area contributed by atoms with E-state index in [1.807, 2.05) is 0 Å². The summed E-state index contributed by atoms with van der Waals surface area (Å²) >= 11 is 0. The molecule has 0 bridgehead atoms. The van der Waals surface area contributed by atoms with Gasteiger partial charge < -0.3 is 14.7 Å². The SMILES string of the molecule is CCN1C(C)=C(C(=O)O)C(c2ccccc2C(F)(F)F)C2=C1COC2=O. The van der Waals surface area contributed by atoms with Gasteiger partial charge >= 0.3 is 18.1 Å². The molecule has 0 amide bonds. The second kappa shape index (κ2) is 6.19. The number of alkyl halides is 3. The summed E-state index contributed by atoms with van der Waals surface area (Å²) in [6.45, 7) is 3.58. The Bertz CT molecular complexity index is 852. The van der Waals surface area contributed by atoms with Gasteiger partial charge in [-0.3, -0.25) is 0 Å². The molecule has 26 heavy (non-hydrogen) atoms. The van der Waals surface area contributed by atoms with Gasteiger partial charge in [-0.2, -0.15) is 13.2 Å². The number of rotatable bonds is 3. The lowest BCUT2D eigenvalue weighted by molar-refractivity contribution is -0.140. The van der Waals surface area contributed by atoms with E-state index < -0.39 is 29.6 Å². The zero-order valence-electron chi connectivity index (χ0n) is 14.1. The van der Waals surface area contributed by atoms with Crippen molar-refractivity contribution >= 4 is 11.9 Å². The number of ether oxygens (including phenoxy) is 1. The van der Waals surface area contributed by atoms with E-state index in [1.54, 1.807) is 11.8 Å². The second-order valence-corrected chi connectivity index (χ2v) is 6.00. The Morgan fingerprint density at radius 3 is 2.58 bits per heavy atom. The molecule has 2 aliphatic heterocycles. The number of likely N-dealkylation sites (N-methyl/N-ethyl adjacent to an activating group) is 1. The molecule has 1 aromatic carbocycles. The normalized spacial score (nSPS) is 20.4. The maximum Gasteiger partial charge on any atom is 0.416 e. The largest absolute Gasteiger partial charge is 0.478 e. The van der Waals surface area contributed by atoms with Gasteiger partial charge in [-0.05, 0) is 25.5 Å². The van der Waals surface area contributed by atoms with Crippen LogP contribution in [0.2, 0.25) is 0 Å². The van der Waals surface area contributed by atoms with Crippen molar-refractivity contribution in [2.75, 3.05) is 13.2 Å². The Morgan fingerprint density at radius 1 is 1.35 bits per heavy atom. The van der Waals surface area contributed by atoms with Crippen molar-refractivity contribution in [3.05, 3.63) is 57.9 Å². The van der Waals surface area contributed by atoms with Gasteiger partial charge in [-0.1, -0.05) is 18.2 Å². The molecule has 1 atom stereocenters. The molecule has 2 aliphatic rings. The van der Waals surface area contributed by atoms with Crippen LogP contribution in [0, 0.1) is 0 Å².